The smallest absolute Gasteiger partial charge is 0.406 e. The van der Waals surface area contributed by atoms with Crippen LogP contribution in [0, 0.1) is 0 Å². The van der Waals surface area contributed by atoms with Crippen molar-refractivity contribution in [3.05, 3.63) is 60.2 Å². The van der Waals surface area contributed by atoms with E-state index in [9.17, 15) is 18.0 Å². The van der Waals surface area contributed by atoms with Crippen LogP contribution in [0.1, 0.15) is 10.4 Å². The van der Waals surface area contributed by atoms with Crippen molar-refractivity contribution in [2.75, 3.05) is 11.9 Å². The lowest BCUT2D eigenvalue weighted by Crippen LogP contribution is -2.26. The third kappa shape index (κ3) is 3.98. The zero-order valence-corrected chi connectivity index (χ0v) is 11.1. The van der Waals surface area contributed by atoms with E-state index in [2.05, 4.69) is 4.74 Å². The monoisotopic (exact) mass is 295 g/mol. The number of hydrogen-bond acceptors (Lipinski definition) is 2. The summed E-state index contributed by atoms with van der Waals surface area (Å²) in [6, 6.07) is 13.7. The Labute approximate surface area is 119 Å². The predicted molar refractivity (Wildman–Crippen MR) is 72.3 cm³/mol. The van der Waals surface area contributed by atoms with Crippen LogP contribution in [0.4, 0.5) is 18.9 Å². The minimum Gasteiger partial charge on any atom is -0.406 e. The first-order valence-electron chi connectivity index (χ1n) is 6.06. The average Bonchev–Trinajstić information content (AvgIpc) is 2.46. The van der Waals surface area contributed by atoms with E-state index in [0.29, 0.717) is 11.3 Å². The van der Waals surface area contributed by atoms with Crippen LogP contribution in [0.25, 0.3) is 0 Å². The highest BCUT2D eigenvalue weighted by Gasteiger charge is 2.31. The minimum absolute atomic E-state index is 0.250. The van der Waals surface area contributed by atoms with E-state index in [0.717, 1.165) is 12.1 Å². The van der Waals surface area contributed by atoms with Crippen LogP contribution >= 0.6 is 0 Å². The van der Waals surface area contributed by atoms with Crippen LogP contribution in [-0.4, -0.2) is 19.3 Å². The van der Waals surface area contributed by atoms with E-state index in [1.54, 1.807) is 37.4 Å². The van der Waals surface area contributed by atoms with Gasteiger partial charge in [-0.15, -0.1) is 13.2 Å². The van der Waals surface area contributed by atoms with Crippen LogP contribution in [0.2, 0.25) is 0 Å². The number of ether oxygens (including phenoxy) is 1. The summed E-state index contributed by atoms with van der Waals surface area (Å²) >= 11 is 0. The fourth-order valence-corrected chi connectivity index (χ4v) is 1.76. The SMILES string of the molecule is CN(C(=O)c1ccccc1)c1ccc(OC(F)(F)F)cc1. The molecule has 0 saturated heterocycles. The number of hydrogen-bond donors (Lipinski definition) is 0. The fourth-order valence-electron chi connectivity index (χ4n) is 1.76. The first-order chi connectivity index (χ1) is 9.87. The maximum Gasteiger partial charge on any atom is 0.573 e. The number of amides is 1. The Kier molecular flexibility index (Phi) is 4.16. The van der Waals surface area contributed by atoms with E-state index in [1.165, 1.54) is 17.0 Å². The molecule has 1 amide bonds. The van der Waals surface area contributed by atoms with Gasteiger partial charge in [0, 0.05) is 18.3 Å². The molecular formula is C15H12F3NO2. The predicted octanol–water partition coefficient (Wildman–Crippen LogP) is 3.86. The van der Waals surface area contributed by atoms with Gasteiger partial charge in [-0.2, -0.15) is 0 Å². The van der Waals surface area contributed by atoms with Gasteiger partial charge < -0.3 is 9.64 Å². The van der Waals surface area contributed by atoms with Crippen molar-refractivity contribution >= 4 is 11.6 Å². The molecule has 0 spiro atoms. The third-order valence-corrected chi connectivity index (χ3v) is 2.78. The van der Waals surface area contributed by atoms with Gasteiger partial charge in [0.25, 0.3) is 5.91 Å². The second-order valence-electron chi connectivity index (χ2n) is 4.27. The number of benzene rings is 2. The molecule has 21 heavy (non-hydrogen) atoms. The van der Waals surface area contributed by atoms with Crippen molar-refractivity contribution in [3.8, 4) is 5.75 Å². The minimum atomic E-state index is -4.73. The summed E-state index contributed by atoms with van der Waals surface area (Å²) in [5.41, 5.74) is 0.967. The first-order valence-corrected chi connectivity index (χ1v) is 6.06. The second-order valence-corrected chi connectivity index (χ2v) is 4.27. The van der Waals surface area contributed by atoms with E-state index in [1.807, 2.05) is 0 Å². The normalized spacial score (nSPS) is 11.0. The largest absolute Gasteiger partial charge is 0.573 e. The van der Waals surface area contributed by atoms with E-state index in [4.69, 9.17) is 0 Å². The standard InChI is InChI=1S/C15H12F3NO2/c1-19(14(20)11-5-3-2-4-6-11)12-7-9-13(10-8-12)21-15(16,17)18/h2-10H,1H3. The average molecular weight is 295 g/mol. The summed E-state index contributed by atoms with van der Waals surface area (Å²) in [7, 11) is 1.55. The fraction of sp³-hybridized carbons (Fsp3) is 0.133. The molecule has 0 aliphatic carbocycles. The molecule has 0 N–H and O–H groups in total. The molecule has 3 nitrogen and oxygen atoms in total. The molecule has 0 aromatic heterocycles. The van der Waals surface area contributed by atoms with E-state index < -0.39 is 6.36 Å². The topological polar surface area (TPSA) is 29.5 Å². The van der Waals surface area contributed by atoms with Crippen molar-refractivity contribution in [1.29, 1.82) is 0 Å². The highest BCUT2D eigenvalue weighted by Crippen LogP contribution is 2.25. The van der Waals surface area contributed by atoms with Gasteiger partial charge in [-0.25, -0.2) is 0 Å². The number of rotatable bonds is 3. The molecule has 0 bridgehead atoms. The highest BCUT2D eigenvalue weighted by molar-refractivity contribution is 6.05. The molecule has 6 heteroatoms. The Morgan fingerprint density at radius 2 is 1.57 bits per heavy atom. The molecule has 0 aliphatic rings. The summed E-state index contributed by atoms with van der Waals surface area (Å²) in [6.07, 6.45) is -4.73. The van der Waals surface area contributed by atoms with Gasteiger partial charge in [-0.3, -0.25) is 4.79 Å². The quantitative estimate of drug-likeness (QED) is 0.860. The Hall–Kier alpha value is -2.50. The van der Waals surface area contributed by atoms with Crippen molar-refractivity contribution in [3.63, 3.8) is 0 Å². The van der Waals surface area contributed by atoms with Crippen LogP contribution in [-0.2, 0) is 0 Å². The molecule has 110 valence electrons. The van der Waals surface area contributed by atoms with Gasteiger partial charge in [0.05, 0.1) is 0 Å². The van der Waals surface area contributed by atoms with Crippen molar-refractivity contribution in [1.82, 2.24) is 0 Å². The number of nitrogens with zero attached hydrogens (tertiary/aromatic N) is 1. The van der Waals surface area contributed by atoms with Crippen molar-refractivity contribution < 1.29 is 22.7 Å². The molecule has 0 atom stereocenters. The van der Waals surface area contributed by atoms with Gasteiger partial charge in [-0.1, -0.05) is 18.2 Å². The molecular weight excluding hydrogens is 283 g/mol. The highest BCUT2D eigenvalue weighted by atomic mass is 19.4. The summed E-state index contributed by atoms with van der Waals surface area (Å²) in [4.78, 5) is 13.5. The Balaban J connectivity index is 2.13. The lowest BCUT2D eigenvalue weighted by molar-refractivity contribution is -0.274. The first kappa shape index (κ1) is 14.9. The summed E-state index contributed by atoms with van der Waals surface area (Å²) in [5, 5.41) is 0. The molecule has 0 saturated carbocycles. The Morgan fingerprint density at radius 3 is 2.10 bits per heavy atom. The Morgan fingerprint density at radius 1 is 1.00 bits per heavy atom. The van der Waals surface area contributed by atoms with Crippen LogP contribution in [0.15, 0.2) is 54.6 Å². The second kappa shape index (κ2) is 5.87. The van der Waals surface area contributed by atoms with Gasteiger partial charge >= 0.3 is 6.36 Å². The van der Waals surface area contributed by atoms with Crippen LogP contribution < -0.4 is 9.64 Å². The molecule has 2 aromatic rings. The lowest BCUT2D eigenvalue weighted by atomic mass is 10.2. The molecule has 0 fully saturated rings. The number of alkyl halides is 3. The van der Waals surface area contributed by atoms with Crippen molar-refractivity contribution in [2.45, 2.75) is 6.36 Å². The lowest BCUT2D eigenvalue weighted by Gasteiger charge is -2.18. The molecule has 0 unspecified atom stereocenters. The maximum absolute atomic E-state index is 12.2. The van der Waals surface area contributed by atoms with Gasteiger partial charge in [0.15, 0.2) is 0 Å². The van der Waals surface area contributed by atoms with Crippen LogP contribution in [0.5, 0.6) is 5.75 Å². The maximum atomic E-state index is 12.2. The molecule has 2 rings (SSSR count). The number of carbonyl (C=O) groups is 1. The zero-order chi connectivity index (χ0) is 15.5. The number of carbonyl (C=O) groups excluding carboxylic acids is 1. The molecule has 0 heterocycles. The van der Waals surface area contributed by atoms with Crippen molar-refractivity contribution in [2.24, 2.45) is 0 Å². The van der Waals surface area contributed by atoms with Gasteiger partial charge in [0.2, 0.25) is 0 Å². The summed E-state index contributed by atoms with van der Waals surface area (Å²) < 4.78 is 40.0. The molecule has 2 aromatic carbocycles. The van der Waals surface area contributed by atoms with Gasteiger partial charge in [-0.05, 0) is 36.4 Å². The molecule has 0 radical (unpaired) electrons. The molecule has 0 aliphatic heterocycles. The van der Waals surface area contributed by atoms with Gasteiger partial charge in [0.1, 0.15) is 5.75 Å². The summed E-state index contributed by atoms with van der Waals surface area (Å²) in [6.45, 7) is 0. The van der Waals surface area contributed by atoms with E-state index >= 15 is 0 Å². The van der Waals surface area contributed by atoms with Crippen LogP contribution in [0.3, 0.4) is 0 Å². The summed E-state index contributed by atoms with van der Waals surface area (Å²) in [5.74, 6) is -0.577. The zero-order valence-electron chi connectivity index (χ0n) is 11.1. The number of anilines is 1. The Bertz CT molecular complexity index is 609. The van der Waals surface area contributed by atoms with E-state index in [-0.39, 0.29) is 11.7 Å². The third-order valence-electron chi connectivity index (χ3n) is 2.78. The number of halogens is 3.